The first-order valence-electron chi connectivity index (χ1n) is 4.48. The summed E-state index contributed by atoms with van der Waals surface area (Å²) >= 11 is 0. The van der Waals surface area contributed by atoms with Crippen molar-refractivity contribution >= 4 is 0 Å². The van der Waals surface area contributed by atoms with Gasteiger partial charge in [-0.25, -0.2) is 0 Å². The minimum absolute atomic E-state index is 0.185. The van der Waals surface area contributed by atoms with Crippen LogP contribution in [-0.4, -0.2) is 4.57 Å². The number of nitrogens with two attached hydrogens (primary N) is 1. The lowest BCUT2D eigenvalue weighted by molar-refractivity contribution is 0.493. The molecule has 1 unspecified atom stereocenters. The van der Waals surface area contributed by atoms with E-state index in [0.717, 1.165) is 6.42 Å². The fourth-order valence-electron chi connectivity index (χ4n) is 1.49. The van der Waals surface area contributed by atoms with E-state index in [0.29, 0.717) is 5.92 Å². The average molecular weight is 166 g/mol. The number of nitrogens with zero attached hydrogens (tertiary/aromatic N) is 1. The molecule has 0 saturated heterocycles. The topological polar surface area (TPSA) is 30.9 Å². The summed E-state index contributed by atoms with van der Waals surface area (Å²) in [6, 6.07) is 4.31. The normalized spacial score (nSPS) is 13.8. The zero-order chi connectivity index (χ0) is 9.14. The smallest absolute Gasteiger partial charge is 0.0452 e. The number of hydrogen-bond donors (Lipinski definition) is 1. The van der Waals surface area contributed by atoms with Crippen LogP contribution in [-0.2, 0) is 7.05 Å². The lowest BCUT2D eigenvalue weighted by Crippen LogP contribution is -2.15. The van der Waals surface area contributed by atoms with Crippen molar-refractivity contribution < 1.29 is 0 Å². The van der Waals surface area contributed by atoms with E-state index in [1.54, 1.807) is 0 Å². The molecule has 0 saturated carbocycles. The van der Waals surface area contributed by atoms with Crippen LogP contribution in [0.2, 0.25) is 0 Å². The second-order valence-electron chi connectivity index (χ2n) is 3.78. The lowest BCUT2D eigenvalue weighted by Gasteiger charge is -2.14. The highest BCUT2D eigenvalue weighted by atomic mass is 14.9. The van der Waals surface area contributed by atoms with Gasteiger partial charge in [0.2, 0.25) is 0 Å². The standard InChI is InChI=1S/C10H18N2/c1-8(2)7-9(11)10-5-4-6-12(10)3/h4-6,8-9H,7,11H2,1-3H3. The van der Waals surface area contributed by atoms with Gasteiger partial charge in [0.15, 0.2) is 0 Å². The first kappa shape index (κ1) is 9.33. The summed E-state index contributed by atoms with van der Waals surface area (Å²) in [4.78, 5) is 0. The van der Waals surface area contributed by atoms with E-state index in [9.17, 15) is 0 Å². The molecule has 2 heteroatoms. The highest BCUT2D eigenvalue weighted by Gasteiger charge is 2.09. The molecule has 0 fully saturated rings. The molecule has 1 heterocycles. The first-order chi connectivity index (χ1) is 5.61. The first-order valence-corrected chi connectivity index (χ1v) is 4.48. The van der Waals surface area contributed by atoms with Gasteiger partial charge in [-0.1, -0.05) is 13.8 Å². The van der Waals surface area contributed by atoms with Crippen LogP contribution in [0.25, 0.3) is 0 Å². The van der Waals surface area contributed by atoms with Crippen LogP contribution >= 0.6 is 0 Å². The van der Waals surface area contributed by atoms with Gasteiger partial charge in [-0.2, -0.15) is 0 Å². The third-order valence-electron chi connectivity index (χ3n) is 2.09. The van der Waals surface area contributed by atoms with E-state index in [1.165, 1.54) is 5.69 Å². The van der Waals surface area contributed by atoms with Crippen LogP contribution in [0.3, 0.4) is 0 Å². The van der Waals surface area contributed by atoms with Gasteiger partial charge >= 0.3 is 0 Å². The summed E-state index contributed by atoms with van der Waals surface area (Å²) in [5, 5.41) is 0. The predicted molar refractivity (Wildman–Crippen MR) is 51.8 cm³/mol. The maximum atomic E-state index is 6.02. The number of aromatic nitrogens is 1. The van der Waals surface area contributed by atoms with E-state index in [-0.39, 0.29) is 6.04 Å². The van der Waals surface area contributed by atoms with Crippen molar-refractivity contribution in [3.8, 4) is 0 Å². The van der Waals surface area contributed by atoms with Crippen molar-refractivity contribution in [1.29, 1.82) is 0 Å². The third-order valence-corrected chi connectivity index (χ3v) is 2.09. The molecule has 0 bridgehead atoms. The van der Waals surface area contributed by atoms with E-state index in [4.69, 9.17) is 5.73 Å². The minimum Gasteiger partial charge on any atom is -0.353 e. The zero-order valence-electron chi connectivity index (χ0n) is 8.12. The van der Waals surface area contributed by atoms with Crippen LogP contribution in [0.15, 0.2) is 18.3 Å². The number of aryl methyl sites for hydroxylation is 1. The van der Waals surface area contributed by atoms with Crippen molar-refractivity contribution in [1.82, 2.24) is 4.57 Å². The maximum absolute atomic E-state index is 6.02. The Hall–Kier alpha value is -0.760. The van der Waals surface area contributed by atoms with Crippen LogP contribution in [0, 0.1) is 5.92 Å². The molecule has 2 N–H and O–H groups in total. The number of rotatable bonds is 3. The van der Waals surface area contributed by atoms with Gasteiger partial charge in [-0.15, -0.1) is 0 Å². The quantitative estimate of drug-likeness (QED) is 0.732. The summed E-state index contributed by atoms with van der Waals surface area (Å²) in [6.45, 7) is 4.39. The Morgan fingerprint density at radius 1 is 1.50 bits per heavy atom. The molecule has 1 aromatic rings. The number of hydrogen-bond acceptors (Lipinski definition) is 1. The molecule has 1 atom stereocenters. The third kappa shape index (κ3) is 2.11. The van der Waals surface area contributed by atoms with E-state index >= 15 is 0 Å². The Balaban J connectivity index is 2.65. The molecular formula is C10H18N2. The molecule has 0 aliphatic heterocycles. The molecule has 0 aromatic carbocycles. The van der Waals surface area contributed by atoms with E-state index < -0.39 is 0 Å². The summed E-state index contributed by atoms with van der Waals surface area (Å²) < 4.78 is 2.09. The van der Waals surface area contributed by atoms with Crippen LogP contribution in [0.4, 0.5) is 0 Å². The zero-order valence-corrected chi connectivity index (χ0v) is 8.12. The van der Waals surface area contributed by atoms with Crippen LogP contribution in [0.5, 0.6) is 0 Å². The largest absolute Gasteiger partial charge is 0.353 e. The molecule has 68 valence electrons. The molecule has 0 aliphatic carbocycles. The van der Waals surface area contributed by atoms with Crippen molar-refractivity contribution in [2.24, 2.45) is 18.7 Å². The van der Waals surface area contributed by atoms with Crippen LogP contribution in [0.1, 0.15) is 32.0 Å². The molecule has 1 aromatic heterocycles. The molecule has 0 aliphatic rings. The van der Waals surface area contributed by atoms with Crippen molar-refractivity contribution in [3.05, 3.63) is 24.0 Å². The fourth-order valence-corrected chi connectivity index (χ4v) is 1.49. The Kier molecular flexibility index (Phi) is 2.93. The molecular weight excluding hydrogens is 148 g/mol. The van der Waals surface area contributed by atoms with Crippen molar-refractivity contribution in [2.45, 2.75) is 26.3 Å². The second kappa shape index (κ2) is 3.76. The lowest BCUT2D eigenvalue weighted by atomic mass is 10.0. The molecule has 0 spiro atoms. The van der Waals surface area contributed by atoms with Crippen LogP contribution < -0.4 is 5.73 Å². The van der Waals surface area contributed by atoms with Gasteiger partial charge in [0, 0.05) is 25.0 Å². The molecule has 2 nitrogen and oxygen atoms in total. The van der Waals surface area contributed by atoms with Gasteiger partial charge < -0.3 is 10.3 Å². The monoisotopic (exact) mass is 166 g/mol. The van der Waals surface area contributed by atoms with Gasteiger partial charge in [0.1, 0.15) is 0 Å². The maximum Gasteiger partial charge on any atom is 0.0452 e. The highest BCUT2D eigenvalue weighted by molar-refractivity contribution is 5.10. The minimum atomic E-state index is 0.185. The second-order valence-corrected chi connectivity index (χ2v) is 3.78. The highest BCUT2D eigenvalue weighted by Crippen LogP contribution is 2.17. The summed E-state index contributed by atoms with van der Waals surface area (Å²) in [5.41, 5.74) is 7.25. The molecule has 1 rings (SSSR count). The van der Waals surface area contributed by atoms with Gasteiger partial charge in [-0.3, -0.25) is 0 Å². The van der Waals surface area contributed by atoms with Crippen molar-refractivity contribution in [3.63, 3.8) is 0 Å². The van der Waals surface area contributed by atoms with Gasteiger partial charge in [0.25, 0.3) is 0 Å². The van der Waals surface area contributed by atoms with Crippen molar-refractivity contribution in [2.75, 3.05) is 0 Å². The summed E-state index contributed by atoms with van der Waals surface area (Å²) in [7, 11) is 2.04. The summed E-state index contributed by atoms with van der Waals surface area (Å²) in [6.07, 6.45) is 3.09. The fraction of sp³-hybridized carbons (Fsp3) is 0.600. The Bertz CT molecular complexity index is 238. The Morgan fingerprint density at radius 3 is 2.58 bits per heavy atom. The SMILES string of the molecule is CC(C)CC(N)c1cccn1C. The Morgan fingerprint density at radius 2 is 2.17 bits per heavy atom. The summed E-state index contributed by atoms with van der Waals surface area (Å²) in [5.74, 6) is 0.662. The molecule has 12 heavy (non-hydrogen) atoms. The van der Waals surface area contributed by atoms with Gasteiger partial charge in [-0.05, 0) is 24.5 Å². The molecule has 0 radical (unpaired) electrons. The van der Waals surface area contributed by atoms with E-state index in [2.05, 4.69) is 24.5 Å². The van der Waals surface area contributed by atoms with Gasteiger partial charge in [0.05, 0.1) is 0 Å². The Labute approximate surface area is 74.4 Å². The predicted octanol–water partition coefficient (Wildman–Crippen LogP) is 2.07. The average Bonchev–Trinajstić information content (AvgIpc) is 2.33. The van der Waals surface area contributed by atoms with E-state index in [1.807, 2.05) is 19.3 Å². The molecule has 0 amide bonds.